The topological polar surface area (TPSA) is 93.3 Å². The lowest BCUT2D eigenvalue weighted by atomic mass is 10.1. The number of ether oxygens (including phenoxy) is 2. The summed E-state index contributed by atoms with van der Waals surface area (Å²) in [4.78, 5) is 30.0. The monoisotopic (exact) mass is 309 g/mol. The van der Waals surface area contributed by atoms with Crippen LogP contribution < -0.4 is 5.32 Å². The van der Waals surface area contributed by atoms with Crippen LogP contribution >= 0.6 is 0 Å². The molecule has 0 aliphatic rings. The number of imidazole rings is 1. The van der Waals surface area contributed by atoms with E-state index in [0.717, 1.165) is 5.69 Å². The first-order chi connectivity index (χ1) is 10.3. The third-order valence-corrected chi connectivity index (χ3v) is 2.59. The van der Waals surface area contributed by atoms with Gasteiger partial charge < -0.3 is 19.8 Å². The van der Waals surface area contributed by atoms with Crippen molar-refractivity contribution < 1.29 is 19.1 Å². The van der Waals surface area contributed by atoms with Crippen LogP contribution in [0, 0.1) is 0 Å². The molecular formula is C15H23N3O4. The fourth-order valence-corrected chi connectivity index (χ4v) is 1.68. The number of aromatic nitrogens is 2. The Kier molecular flexibility index (Phi) is 6.62. The summed E-state index contributed by atoms with van der Waals surface area (Å²) < 4.78 is 9.87. The van der Waals surface area contributed by atoms with Crippen LogP contribution in [0.5, 0.6) is 0 Å². The van der Waals surface area contributed by atoms with Crippen molar-refractivity contribution in [2.45, 2.75) is 39.2 Å². The molecule has 1 aromatic heterocycles. The van der Waals surface area contributed by atoms with E-state index in [1.807, 2.05) is 0 Å². The Balaban J connectivity index is 2.48. The normalized spacial score (nSPS) is 11.9. The van der Waals surface area contributed by atoms with Crippen LogP contribution in [0.1, 0.15) is 32.9 Å². The first-order valence-corrected chi connectivity index (χ1v) is 7.03. The van der Waals surface area contributed by atoms with E-state index in [4.69, 9.17) is 9.47 Å². The van der Waals surface area contributed by atoms with Gasteiger partial charge in [-0.05, 0) is 27.2 Å². The molecule has 0 unspecified atom stereocenters. The van der Waals surface area contributed by atoms with Crippen LogP contribution in [0.3, 0.4) is 0 Å². The zero-order valence-electron chi connectivity index (χ0n) is 13.4. The standard InChI is InChI=1S/C15H23N3O4/c1-15(2,3)22-14(20)17-7-5-6-11(13(19)21-4)8-12-9-16-10-18-12/h6,9-10H,5,7-8H2,1-4H3,(H,16,18)(H,17,20)/b11-6-. The van der Waals surface area contributed by atoms with E-state index in [2.05, 4.69) is 15.3 Å². The number of rotatable bonds is 6. The minimum absolute atomic E-state index is 0.373. The van der Waals surface area contributed by atoms with Crippen LogP contribution in [0.2, 0.25) is 0 Å². The molecule has 1 rings (SSSR count). The molecule has 2 N–H and O–H groups in total. The number of nitrogens with zero attached hydrogens (tertiary/aromatic N) is 1. The van der Waals surface area contributed by atoms with Crippen molar-refractivity contribution in [3.63, 3.8) is 0 Å². The van der Waals surface area contributed by atoms with E-state index >= 15 is 0 Å². The Bertz CT molecular complexity index is 515. The second-order valence-corrected chi connectivity index (χ2v) is 5.69. The molecule has 0 atom stereocenters. The maximum Gasteiger partial charge on any atom is 0.407 e. The summed E-state index contributed by atoms with van der Waals surface area (Å²) in [6.07, 6.45) is 5.36. The van der Waals surface area contributed by atoms with Gasteiger partial charge in [-0.25, -0.2) is 14.6 Å². The van der Waals surface area contributed by atoms with E-state index in [1.165, 1.54) is 7.11 Å². The van der Waals surface area contributed by atoms with Gasteiger partial charge in [0.2, 0.25) is 0 Å². The Hall–Kier alpha value is -2.31. The average molecular weight is 309 g/mol. The summed E-state index contributed by atoms with van der Waals surface area (Å²) in [7, 11) is 1.34. The number of aromatic amines is 1. The molecule has 0 aliphatic heterocycles. The second-order valence-electron chi connectivity index (χ2n) is 5.69. The molecule has 0 fully saturated rings. The van der Waals surface area contributed by atoms with Gasteiger partial charge in [-0.3, -0.25) is 0 Å². The number of nitrogens with one attached hydrogen (secondary N) is 2. The molecule has 1 aromatic rings. The quantitative estimate of drug-likeness (QED) is 0.476. The lowest BCUT2D eigenvalue weighted by Gasteiger charge is -2.19. The minimum Gasteiger partial charge on any atom is -0.466 e. The van der Waals surface area contributed by atoms with Crippen LogP contribution in [-0.2, 0) is 20.7 Å². The van der Waals surface area contributed by atoms with Crippen molar-refractivity contribution in [3.05, 3.63) is 29.9 Å². The predicted octanol–water partition coefficient (Wildman–Crippen LogP) is 1.97. The minimum atomic E-state index is -0.530. The highest BCUT2D eigenvalue weighted by Crippen LogP contribution is 2.08. The van der Waals surface area contributed by atoms with Gasteiger partial charge in [0.25, 0.3) is 0 Å². The maximum absolute atomic E-state index is 11.7. The molecule has 0 saturated heterocycles. The van der Waals surface area contributed by atoms with Crippen molar-refractivity contribution in [1.82, 2.24) is 15.3 Å². The second kappa shape index (κ2) is 8.21. The van der Waals surface area contributed by atoms with E-state index in [-0.39, 0.29) is 0 Å². The van der Waals surface area contributed by atoms with Gasteiger partial charge in [0.05, 0.1) is 13.4 Å². The summed E-state index contributed by atoms with van der Waals surface area (Å²) in [5.41, 5.74) is 0.798. The van der Waals surface area contributed by atoms with Crippen molar-refractivity contribution >= 4 is 12.1 Å². The number of hydrogen-bond acceptors (Lipinski definition) is 5. The Morgan fingerprint density at radius 3 is 2.68 bits per heavy atom. The highest BCUT2D eigenvalue weighted by atomic mass is 16.6. The van der Waals surface area contributed by atoms with E-state index < -0.39 is 17.7 Å². The summed E-state index contributed by atoms with van der Waals surface area (Å²) in [6, 6.07) is 0. The SMILES string of the molecule is COC(=O)/C(=C\CCNC(=O)OC(C)(C)C)Cc1cnc[nH]1. The van der Waals surface area contributed by atoms with Crippen LogP contribution in [-0.4, -0.2) is 41.3 Å². The molecule has 0 spiro atoms. The van der Waals surface area contributed by atoms with E-state index in [1.54, 1.807) is 39.4 Å². The molecule has 0 saturated carbocycles. The summed E-state index contributed by atoms with van der Waals surface area (Å²) in [5, 5.41) is 2.63. The van der Waals surface area contributed by atoms with Crippen molar-refractivity contribution in [3.8, 4) is 0 Å². The number of H-pyrrole nitrogens is 1. The fourth-order valence-electron chi connectivity index (χ4n) is 1.68. The first kappa shape index (κ1) is 17.7. The average Bonchev–Trinajstić information content (AvgIpc) is 2.92. The number of amides is 1. The van der Waals surface area contributed by atoms with Gasteiger partial charge in [-0.2, -0.15) is 0 Å². The Labute approximate surface area is 130 Å². The predicted molar refractivity (Wildman–Crippen MR) is 81.2 cm³/mol. The zero-order chi connectivity index (χ0) is 16.6. The summed E-state index contributed by atoms with van der Waals surface area (Å²) >= 11 is 0. The van der Waals surface area contributed by atoms with Gasteiger partial charge in [0, 0.05) is 30.4 Å². The largest absolute Gasteiger partial charge is 0.466 e. The van der Waals surface area contributed by atoms with E-state index in [0.29, 0.717) is 25.0 Å². The van der Waals surface area contributed by atoms with Gasteiger partial charge in [-0.1, -0.05) is 6.08 Å². The lowest BCUT2D eigenvalue weighted by molar-refractivity contribution is -0.136. The van der Waals surface area contributed by atoms with Crippen LogP contribution in [0.4, 0.5) is 4.79 Å². The molecule has 22 heavy (non-hydrogen) atoms. The highest BCUT2D eigenvalue weighted by molar-refractivity contribution is 5.88. The molecule has 1 heterocycles. The maximum atomic E-state index is 11.7. The zero-order valence-corrected chi connectivity index (χ0v) is 13.4. The lowest BCUT2D eigenvalue weighted by Crippen LogP contribution is -2.32. The molecule has 0 radical (unpaired) electrons. The molecule has 0 bridgehead atoms. The number of hydrogen-bond donors (Lipinski definition) is 2. The fraction of sp³-hybridized carbons (Fsp3) is 0.533. The third kappa shape index (κ3) is 6.92. The molecule has 0 aromatic carbocycles. The van der Waals surface area contributed by atoms with Gasteiger partial charge >= 0.3 is 12.1 Å². The van der Waals surface area contributed by atoms with Gasteiger partial charge in [0.15, 0.2) is 0 Å². The summed E-state index contributed by atoms with van der Waals surface area (Å²) in [5.74, 6) is -0.396. The molecule has 1 amide bonds. The van der Waals surface area contributed by atoms with Gasteiger partial charge in [0.1, 0.15) is 5.60 Å². The number of alkyl carbamates (subject to hydrolysis) is 1. The number of carbonyl (C=O) groups is 2. The Morgan fingerprint density at radius 2 is 2.14 bits per heavy atom. The molecular weight excluding hydrogens is 286 g/mol. The molecule has 122 valence electrons. The van der Waals surface area contributed by atoms with Crippen LogP contribution in [0.15, 0.2) is 24.2 Å². The van der Waals surface area contributed by atoms with Gasteiger partial charge in [-0.15, -0.1) is 0 Å². The Morgan fingerprint density at radius 1 is 1.41 bits per heavy atom. The van der Waals surface area contributed by atoms with Crippen molar-refractivity contribution in [2.24, 2.45) is 0 Å². The van der Waals surface area contributed by atoms with Crippen LogP contribution in [0.25, 0.3) is 0 Å². The third-order valence-electron chi connectivity index (χ3n) is 2.59. The van der Waals surface area contributed by atoms with Crippen molar-refractivity contribution in [1.29, 1.82) is 0 Å². The number of methoxy groups -OCH3 is 1. The molecule has 7 nitrogen and oxygen atoms in total. The molecule has 0 aliphatic carbocycles. The number of carbonyl (C=O) groups excluding carboxylic acids is 2. The molecule has 7 heteroatoms. The van der Waals surface area contributed by atoms with E-state index in [9.17, 15) is 9.59 Å². The first-order valence-electron chi connectivity index (χ1n) is 7.03. The smallest absolute Gasteiger partial charge is 0.407 e. The number of esters is 1. The summed E-state index contributed by atoms with van der Waals surface area (Å²) in [6.45, 7) is 5.77. The van der Waals surface area contributed by atoms with Crippen molar-refractivity contribution in [2.75, 3.05) is 13.7 Å². The highest BCUT2D eigenvalue weighted by Gasteiger charge is 2.15.